The van der Waals surface area contributed by atoms with Gasteiger partial charge in [-0.2, -0.15) is 8.42 Å². The number of aromatic nitrogens is 1. The summed E-state index contributed by atoms with van der Waals surface area (Å²) in [7, 11) is -3.67. The number of hydrogen-bond donors (Lipinski definition) is 2. The van der Waals surface area contributed by atoms with E-state index in [9.17, 15) is 8.42 Å². The van der Waals surface area contributed by atoms with Crippen LogP contribution in [0.25, 0.3) is 10.9 Å². The Labute approximate surface area is 175 Å². The second-order valence-electron chi connectivity index (χ2n) is 6.67. The van der Waals surface area contributed by atoms with Gasteiger partial charge in [0, 0.05) is 46.4 Å². The molecule has 8 heteroatoms. The van der Waals surface area contributed by atoms with Gasteiger partial charge >= 0.3 is 0 Å². The Bertz CT molecular complexity index is 1050. The minimum atomic E-state index is -3.67. The third-order valence-electron chi connectivity index (χ3n) is 4.36. The molecule has 2 N–H and O–H groups in total. The molecule has 0 unspecified atom stereocenters. The summed E-state index contributed by atoms with van der Waals surface area (Å²) in [5.74, 6) is 2.24. The zero-order valence-corrected chi connectivity index (χ0v) is 17.9. The van der Waals surface area contributed by atoms with Crippen LogP contribution in [0.5, 0.6) is 0 Å². The maximum absolute atomic E-state index is 9.19. The van der Waals surface area contributed by atoms with Crippen molar-refractivity contribution in [1.82, 2.24) is 4.98 Å². The largest absolute Gasteiger partial charge is 0.360 e. The van der Waals surface area contributed by atoms with Crippen LogP contribution in [0.3, 0.4) is 0 Å². The second-order valence-corrected chi connectivity index (χ2v) is 9.27. The summed E-state index contributed by atoms with van der Waals surface area (Å²) in [5, 5.41) is 1.31. The van der Waals surface area contributed by atoms with Crippen LogP contribution in [0, 0.1) is 0 Å². The molecule has 1 aromatic heterocycles. The molecule has 3 aromatic rings. The summed E-state index contributed by atoms with van der Waals surface area (Å²) in [5.41, 5.74) is 2.47. The van der Waals surface area contributed by atoms with Crippen LogP contribution in [0.2, 0.25) is 0 Å². The number of aromatic amines is 1. The summed E-state index contributed by atoms with van der Waals surface area (Å²) in [4.78, 5) is 11.9. The van der Waals surface area contributed by atoms with Gasteiger partial charge in [-0.25, -0.2) is 0 Å². The van der Waals surface area contributed by atoms with E-state index in [-0.39, 0.29) is 0 Å². The van der Waals surface area contributed by atoms with Gasteiger partial charge in [0.1, 0.15) is 5.84 Å². The zero-order chi connectivity index (χ0) is 20.7. The summed E-state index contributed by atoms with van der Waals surface area (Å²) >= 11 is 1.88. The lowest BCUT2D eigenvalue weighted by Gasteiger charge is -2.18. The molecular weight excluding hydrogens is 406 g/mol. The predicted molar refractivity (Wildman–Crippen MR) is 122 cm³/mol. The summed E-state index contributed by atoms with van der Waals surface area (Å²) < 4.78 is 25.9. The van der Waals surface area contributed by atoms with Crippen LogP contribution >= 0.6 is 11.8 Å². The van der Waals surface area contributed by atoms with Gasteiger partial charge in [-0.05, 0) is 24.6 Å². The van der Waals surface area contributed by atoms with E-state index in [1.807, 2.05) is 11.8 Å². The molecule has 6 nitrogen and oxygen atoms in total. The Morgan fingerprint density at radius 3 is 2.59 bits per heavy atom. The molecule has 2 heterocycles. The fraction of sp³-hybridized carbons (Fsp3) is 0.286. The topological polar surface area (TPSA) is 85.8 Å². The van der Waals surface area contributed by atoms with Gasteiger partial charge in [0.15, 0.2) is 0 Å². The van der Waals surface area contributed by atoms with E-state index >= 15 is 0 Å². The average molecular weight is 432 g/mol. The lowest BCUT2D eigenvalue weighted by atomic mass is 10.2. The number of benzene rings is 2. The van der Waals surface area contributed by atoms with Gasteiger partial charge in [0.05, 0.1) is 12.8 Å². The minimum Gasteiger partial charge on any atom is -0.360 e. The van der Waals surface area contributed by atoms with Crippen molar-refractivity contribution in [2.24, 2.45) is 4.99 Å². The molecule has 1 aliphatic rings. The highest BCUT2D eigenvalue weighted by atomic mass is 32.2. The first-order valence-corrected chi connectivity index (χ1v) is 12.2. The number of nitrogens with one attached hydrogen (secondary N) is 1. The van der Waals surface area contributed by atoms with Gasteiger partial charge < -0.3 is 9.88 Å². The molecule has 0 saturated carbocycles. The van der Waals surface area contributed by atoms with E-state index in [2.05, 4.69) is 70.7 Å². The van der Waals surface area contributed by atoms with E-state index in [4.69, 9.17) is 9.55 Å². The van der Waals surface area contributed by atoms with Crippen molar-refractivity contribution in [3.05, 3.63) is 60.8 Å². The number of amidine groups is 1. The molecule has 1 aliphatic heterocycles. The van der Waals surface area contributed by atoms with Crippen LogP contribution in [0.15, 0.2) is 70.7 Å². The van der Waals surface area contributed by atoms with Crippen LogP contribution in [-0.4, -0.2) is 48.9 Å². The SMILES string of the molecule is CS(=O)(=O)O.c1ccc(N2CCC/C2=N\CCSc2c[nH]c3ccccc23)cc1. The minimum absolute atomic E-state index is 0.715. The molecule has 2 aromatic carbocycles. The average Bonchev–Trinajstić information content (AvgIpc) is 3.32. The van der Waals surface area contributed by atoms with E-state index < -0.39 is 10.1 Å². The number of hydrogen-bond acceptors (Lipinski definition) is 4. The summed E-state index contributed by atoms with van der Waals surface area (Å²) in [6.45, 7) is 1.95. The van der Waals surface area contributed by atoms with Gasteiger partial charge in [-0.3, -0.25) is 9.55 Å². The third-order valence-corrected chi connectivity index (χ3v) is 5.39. The smallest absolute Gasteiger partial charge is 0.261 e. The Kier molecular flexibility index (Phi) is 7.35. The maximum atomic E-state index is 9.19. The Morgan fingerprint density at radius 1 is 1.14 bits per heavy atom. The highest BCUT2D eigenvalue weighted by molar-refractivity contribution is 7.99. The molecule has 0 bridgehead atoms. The van der Waals surface area contributed by atoms with Gasteiger partial charge in [0.2, 0.25) is 0 Å². The number of thioether (sulfide) groups is 1. The third kappa shape index (κ3) is 6.62. The van der Waals surface area contributed by atoms with Crippen molar-refractivity contribution in [3.8, 4) is 0 Å². The number of para-hydroxylation sites is 2. The van der Waals surface area contributed by atoms with Gasteiger partial charge in [0.25, 0.3) is 10.1 Å². The quantitative estimate of drug-likeness (QED) is 0.354. The van der Waals surface area contributed by atoms with Crippen LogP contribution < -0.4 is 4.90 Å². The van der Waals surface area contributed by atoms with Gasteiger partial charge in [-0.15, -0.1) is 11.8 Å². The highest BCUT2D eigenvalue weighted by Crippen LogP contribution is 2.27. The van der Waals surface area contributed by atoms with E-state index in [0.29, 0.717) is 6.26 Å². The van der Waals surface area contributed by atoms with Crippen LogP contribution in [0.1, 0.15) is 12.8 Å². The van der Waals surface area contributed by atoms with E-state index in [0.717, 1.165) is 25.3 Å². The first-order chi connectivity index (χ1) is 13.9. The lowest BCUT2D eigenvalue weighted by Crippen LogP contribution is -2.24. The summed E-state index contributed by atoms with van der Waals surface area (Å²) in [6.07, 6.45) is 5.11. The standard InChI is InChI=1S/C20H21N3S.CH4O3S/c1-2-7-16(8-3-1)23-13-6-11-20(23)21-12-14-24-19-15-22-18-10-5-4-9-17(18)19;1-5(2,3)4/h1-5,7-10,15,22H,6,11-14H2;1H3,(H,2,3,4)/b21-20+;. The van der Waals surface area contributed by atoms with Crippen molar-refractivity contribution >= 4 is 44.3 Å². The second kappa shape index (κ2) is 9.96. The lowest BCUT2D eigenvalue weighted by molar-refractivity contribution is 0.490. The zero-order valence-electron chi connectivity index (χ0n) is 16.3. The molecular formula is C21H25N3O3S2. The van der Waals surface area contributed by atoms with Crippen LogP contribution in [0.4, 0.5) is 5.69 Å². The van der Waals surface area contributed by atoms with Crippen LogP contribution in [-0.2, 0) is 10.1 Å². The molecule has 1 saturated heterocycles. The number of anilines is 1. The molecule has 0 aliphatic carbocycles. The van der Waals surface area contributed by atoms with E-state index in [1.54, 1.807) is 0 Å². The first kappa shape index (κ1) is 21.4. The summed E-state index contributed by atoms with van der Waals surface area (Å²) in [6, 6.07) is 19.0. The number of rotatable bonds is 5. The molecule has 0 radical (unpaired) electrons. The molecule has 1 fully saturated rings. The monoisotopic (exact) mass is 431 g/mol. The molecule has 0 atom stereocenters. The predicted octanol–water partition coefficient (Wildman–Crippen LogP) is 4.46. The normalized spacial score (nSPS) is 15.5. The molecule has 154 valence electrons. The number of H-pyrrole nitrogens is 1. The fourth-order valence-electron chi connectivity index (χ4n) is 3.20. The van der Waals surface area contributed by atoms with Crippen molar-refractivity contribution in [1.29, 1.82) is 0 Å². The van der Waals surface area contributed by atoms with Gasteiger partial charge in [-0.1, -0.05) is 36.4 Å². The Morgan fingerprint density at radius 2 is 1.83 bits per heavy atom. The fourth-order valence-corrected chi connectivity index (χ4v) is 4.08. The molecule has 0 spiro atoms. The first-order valence-electron chi connectivity index (χ1n) is 9.39. The molecule has 4 rings (SSSR count). The van der Waals surface area contributed by atoms with Crippen molar-refractivity contribution in [2.75, 3.05) is 30.0 Å². The molecule has 0 amide bonds. The number of aliphatic imine (C=N–C) groups is 1. The van der Waals surface area contributed by atoms with Crippen molar-refractivity contribution in [3.63, 3.8) is 0 Å². The van der Waals surface area contributed by atoms with E-state index in [1.165, 1.54) is 33.7 Å². The highest BCUT2D eigenvalue weighted by Gasteiger charge is 2.19. The number of nitrogens with zero attached hydrogens (tertiary/aromatic N) is 2. The van der Waals surface area contributed by atoms with Crippen molar-refractivity contribution < 1.29 is 13.0 Å². The molecule has 29 heavy (non-hydrogen) atoms. The number of fused-ring (bicyclic) bond motifs is 1. The maximum Gasteiger partial charge on any atom is 0.261 e. The Balaban J connectivity index is 0.000000431. The van der Waals surface area contributed by atoms with Crippen molar-refractivity contribution in [2.45, 2.75) is 17.7 Å². The Hall–Kier alpha value is -2.29.